The van der Waals surface area contributed by atoms with Crippen molar-refractivity contribution in [3.63, 3.8) is 0 Å². The van der Waals surface area contributed by atoms with Crippen LogP contribution in [-0.4, -0.2) is 50.4 Å². The average molecular weight is 460 g/mol. The number of nitrogens with zero attached hydrogens (tertiary/aromatic N) is 5. The quantitative estimate of drug-likeness (QED) is 0.473. The molecule has 3 heterocycles. The number of halogens is 1. The van der Waals surface area contributed by atoms with Crippen molar-refractivity contribution in [3.8, 4) is 0 Å². The van der Waals surface area contributed by atoms with Gasteiger partial charge in [0.05, 0.1) is 23.8 Å². The summed E-state index contributed by atoms with van der Waals surface area (Å²) in [7, 11) is 1.64. The molecule has 0 N–H and O–H groups in total. The number of thioether (sulfide) groups is 1. The molecule has 0 radical (unpaired) electrons. The van der Waals surface area contributed by atoms with Crippen molar-refractivity contribution in [2.24, 2.45) is 5.10 Å². The molecule has 0 bridgehead atoms. The molecule has 3 aromatic rings. The number of rotatable bonds is 8. The fourth-order valence-electron chi connectivity index (χ4n) is 3.31. The van der Waals surface area contributed by atoms with Gasteiger partial charge in [-0.1, -0.05) is 35.5 Å². The predicted octanol–water partition coefficient (Wildman–Crippen LogP) is 4.03. The van der Waals surface area contributed by atoms with Gasteiger partial charge in [-0.25, -0.2) is 5.01 Å². The van der Waals surface area contributed by atoms with Crippen LogP contribution in [0.5, 0.6) is 0 Å². The van der Waals surface area contributed by atoms with Gasteiger partial charge in [0, 0.05) is 25.1 Å². The molecule has 0 saturated heterocycles. The van der Waals surface area contributed by atoms with Crippen LogP contribution in [0.4, 0.5) is 0 Å². The summed E-state index contributed by atoms with van der Waals surface area (Å²) in [5, 5.41) is 15.2. The zero-order valence-corrected chi connectivity index (χ0v) is 18.7. The van der Waals surface area contributed by atoms with E-state index in [4.69, 9.17) is 20.8 Å². The Bertz CT molecular complexity index is 1050. The molecule has 2 unspecified atom stereocenters. The first kappa shape index (κ1) is 21.6. The highest BCUT2D eigenvalue weighted by Gasteiger charge is 2.37. The normalized spacial score (nSPS) is 17.1. The van der Waals surface area contributed by atoms with E-state index >= 15 is 0 Å². The minimum atomic E-state index is -0.420. The van der Waals surface area contributed by atoms with Crippen LogP contribution < -0.4 is 0 Å². The van der Waals surface area contributed by atoms with Crippen LogP contribution in [0.15, 0.2) is 63.7 Å². The second-order valence-electron chi connectivity index (χ2n) is 7.03. The third-order valence-electron chi connectivity index (χ3n) is 4.93. The molecule has 1 aromatic carbocycles. The largest absolute Gasteiger partial charge is 0.467 e. The molecule has 10 heteroatoms. The number of methoxy groups -OCH3 is 1. The van der Waals surface area contributed by atoms with E-state index in [1.807, 2.05) is 47.9 Å². The van der Waals surface area contributed by atoms with Crippen LogP contribution in [0, 0.1) is 0 Å². The Morgan fingerprint density at radius 1 is 1.35 bits per heavy atom. The molecule has 0 aliphatic carbocycles. The summed E-state index contributed by atoms with van der Waals surface area (Å²) in [5.74, 6) is 0.568. The first-order chi connectivity index (χ1) is 15.1. The Labute approximate surface area is 189 Å². The highest BCUT2D eigenvalue weighted by Crippen LogP contribution is 2.35. The number of aromatic nitrogens is 3. The van der Waals surface area contributed by atoms with E-state index in [0.29, 0.717) is 35.5 Å². The fourth-order valence-corrected chi connectivity index (χ4v) is 4.33. The lowest BCUT2D eigenvalue weighted by atomic mass is 10.0. The smallest absolute Gasteiger partial charge is 0.256 e. The van der Waals surface area contributed by atoms with Crippen molar-refractivity contribution in [1.82, 2.24) is 19.8 Å². The molecule has 162 valence electrons. The van der Waals surface area contributed by atoms with Gasteiger partial charge in [0.2, 0.25) is 0 Å². The summed E-state index contributed by atoms with van der Waals surface area (Å²) >= 11 is 7.36. The number of carbonyl (C=O) groups excluding carboxylic acids is 1. The molecule has 0 saturated carbocycles. The first-order valence-electron chi connectivity index (χ1n) is 9.80. The number of hydrogen-bond donors (Lipinski definition) is 0. The summed E-state index contributed by atoms with van der Waals surface area (Å²) < 4.78 is 12.6. The molecular weight excluding hydrogens is 438 g/mol. The number of hydrogen-bond acceptors (Lipinski definition) is 7. The second kappa shape index (κ2) is 9.67. The third-order valence-corrected chi connectivity index (χ3v) is 6.27. The van der Waals surface area contributed by atoms with Gasteiger partial charge in [0.25, 0.3) is 5.91 Å². The van der Waals surface area contributed by atoms with Crippen molar-refractivity contribution >= 4 is 35.0 Å². The van der Waals surface area contributed by atoms with Gasteiger partial charge >= 0.3 is 0 Å². The number of carbonyl (C=O) groups is 1. The van der Waals surface area contributed by atoms with Gasteiger partial charge in [-0.3, -0.25) is 4.79 Å². The SMILES string of the molecule is COCCn1cnnc1SC(C)C(=O)N1N=C(c2ccc(Cl)cc2)CC1c1ccco1. The molecule has 2 aromatic heterocycles. The molecule has 31 heavy (non-hydrogen) atoms. The van der Waals surface area contributed by atoms with E-state index in [1.54, 1.807) is 19.7 Å². The number of hydrazone groups is 1. The average Bonchev–Trinajstić information content (AvgIpc) is 3.52. The third kappa shape index (κ3) is 4.84. The van der Waals surface area contributed by atoms with Gasteiger partial charge < -0.3 is 13.7 Å². The van der Waals surface area contributed by atoms with E-state index < -0.39 is 5.25 Å². The highest BCUT2D eigenvalue weighted by molar-refractivity contribution is 8.00. The lowest BCUT2D eigenvalue weighted by Gasteiger charge is -2.22. The zero-order chi connectivity index (χ0) is 21.8. The number of ether oxygens (including phenoxy) is 1. The summed E-state index contributed by atoms with van der Waals surface area (Å²) in [6.07, 6.45) is 3.80. The molecule has 1 amide bonds. The fraction of sp³-hybridized carbons (Fsp3) is 0.333. The topological polar surface area (TPSA) is 85.8 Å². The lowest BCUT2D eigenvalue weighted by Crippen LogP contribution is -2.33. The maximum atomic E-state index is 13.4. The summed E-state index contributed by atoms with van der Waals surface area (Å²) in [5.41, 5.74) is 1.74. The van der Waals surface area contributed by atoms with Crippen LogP contribution >= 0.6 is 23.4 Å². The van der Waals surface area contributed by atoms with E-state index in [-0.39, 0.29) is 11.9 Å². The minimum absolute atomic E-state index is 0.128. The van der Waals surface area contributed by atoms with Gasteiger partial charge in [-0.05, 0) is 36.8 Å². The Hall–Kier alpha value is -2.62. The molecule has 0 fully saturated rings. The molecule has 8 nitrogen and oxygen atoms in total. The van der Waals surface area contributed by atoms with Crippen LogP contribution in [0.1, 0.15) is 30.7 Å². The molecule has 0 spiro atoms. The van der Waals surface area contributed by atoms with E-state index in [0.717, 1.165) is 11.3 Å². The molecular formula is C21H22ClN5O3S. The molecule has 2 atom stereocenters. The van der Waals surface area contributed by atoms with Crippen molar-refractivity contribution in [3.05, 3.63) is 65.3 Å². The van der Waals surface area contributed by atoms with Gasteiger partial charge in [0.15, 0.2) is 5.16 Å². The van der Waals surface area contributed by atoms with Crippen LogP contribution in [0.3, 0.4) is 0 Å². The van der Waals surface area contributed by atoms with E-state index in [9.17, 15) is 4.79 Å². The predicted molar refractivity (Wildman–Crippen MR) is 118 cm³/mol. The van der Waals surface area contributed by atoms with Crippen molar-refractivity contribution in [2.75, 3.05) is 13.7 Å². The Kier molecular flexibility index (Phi) is 6.74. The van der Waals surface area contributed by atoms with Crippen molar-refractivity contribution in [1.29, 1.82) is 0 Å². The Morgan fingerprint density at radius 2 is 2.16 bits per heavy atom. The standard InChI is InChI=1S/C21H22ClN5O3S/c1-14(31-21-24-23-13-26(21)9-11-29-2)20(28)27-18(19-4-3-10-30-19)12-17(25-27)15-5-7-16(22)8-6-15/h3-8,10,13-14,18H,9,11-12H2,1-2H3. The van der Waals surface area contributed by atoms with Crippen LogP contribution in [-0.2, 0) is 16.1 Å². The number of benzene rings is 1. The Balaban J connectivity index is 1.56. The lowest BCUT2D eigenvalue weighted by molar-refractivity contribution is -0.132. The molecule has 1 aliphatic heterocycles. The maximum Gasteiger partial charge on any atom is 0.256 e. The highest BCUT2D eigenvalue weighted by atomic mass is 35.5. The van der Waals surface area contributed by atoms with E-state index in [2.05, 4.69) is 15.3 Å². The zero-order valence-electron chi connectivity index (χ0n) is 17.1. The van der Waals surface area contributed by atoms with Crippen molar-refractivity contribution in [2.45, 2.75) is 36.3 Å². The summed E-state index contributed by atoms with van der Waals surface area (Å²) in [4.78, 5) is 13.4. The molecule has 4 rings (SSSR count). The van der Waals surface area contributed by atoms with Crippen molar-refractivity contribution < 1.29 is 13.9 Å². The number of amides is 1. The number of furan rings is 1. The Morgan fingerprint density at radius 3 is 2.87 bits per heavy atom. The van der Waals surface area contributed by atoms with E-state index in [1.165, 1.54) is 16.8 Å². The van der Waals surface area contributed by atoms with Gasteiger partial charge in [-0.2, -0.15) is 5.10 Å². The summed E-state index contributed by atoms with van der Waals surface area (Å²) in [6.45, 7) is 3.00. The molecule has 1 aliphatic rings. The second-order valence-corrected chi connectivity index (χ2v) is 8.78. The van der Waals surface area contributed by atoms with Crippen LogP contribution in [0.25, 0.3) is 0 Å². The van der Waals surface area contributed by atoms with Crippen LogP contribution in [0.2, 0.25) is 5.02 Å². The first-order valence-corrected chi connectivity index (χ1v) is 11.1. The summed E-state index contributed by atoms with van der Waals surface area (Å²) in [6, 6.07) is 10.8. The monoisotopic (exact) mass is 459 g/mol. The maximum absolute atomic E-state index is 13.4. The van der Waals surface area contributed by atoms with Gasteiger partial charge in [0.1, 0.15) is 18.1 Å². The minimum Gasteiger partial charge on any atom is -0.467 e. The van der Waals surface area contributed by atoms with Gasteiger partial charge in [-0.15, -0.1) is 10.2 Å².